The van der Waals surface area contributed by atoms with Crippen molar-refractivity contribution in [2.75, 3.05) is 24.4 Å². The average molecular weight is 399 g/mol. The van der Waals surface area contributed by atoms with Crippen molar-refractivity contribution in [1.29, 1.82) is 0 Å². The highest BCUT2D eigenvalue weighted by atomic mass is 32.1. The third-order valence-corrected chi connectivity index (χ3v) is 4.76. The number of hydrogen-bond acceptors (Lipinski definition) is 6. The van der Waals surface area contributed by atoms with Crippen LogP contribution in [0.25, 0.3) is 10.2 Å². The summed E-state index contributed by atoms with van der Waals surface area (Å²) in [6.07, 6.45) is 1.25. The van der Waals surface area contributed by atoms with Crippen molar-refractivity contribution in [2.45, 2.75) is 19.8 Å². The summed E-state index contributed by atoms with van der Waals surface area (Å²) in [4.78, 5) is 28.2. The first-order valence-electron chi connectivity index (χ1n) is 8.84. The van der Waals surface area contributed by atoms with E-state index in [0.29, 0.717) is 23.0 Å². The Morgan fingerprint density at radius 3 is 2.50 bits per heavy atom. The zero-order valence-electron chi connectivity index (χ0n) is 15.7. The van der Waals surface area contributed by atoms with Gasteiger partial charge in [-0.1, -0.05) is 18.3 Å². The highest BCUT2D eigenvalue weighted by Crippen LogP contribution is 2.28. The van der Waals surface area contributed by atoms with Crippen LogP contribution in [0.3, 0.4) is 0 Å². The van der Waals surface area contributed by atoms with Crippen LogP contribution in [-0.4, -0.2) is 30.5 Å². The number of nitrogens with one attached hydrogen (secondary N) is 2. The van der Waals surface area contributed by atoms with E-state index in [1.165, 1.54) is 11.3 Å². The Morgan fingerprint density at radius 1 is 1.04 bits per heavy atom. The van der Waals surface area contributed by atoms with Gasteiger partial charge in [0.25, 0.3) is 5.91 Å². The summed E-state index contributed by atoms with van der Waals surface area (Å²) in [5.41, 5.74) is 1.41. The van der Waals surface area contributed by atoms with Gasteiger partial charge in [-0.05, 0) is 48.9 Å². The van der Waals surface area contributed by atoms with Crippen LogP contribution in [0.1, 0.15) is 19.8 Å². The number of fused-ring (bicyclic) bond motifs is 1. The molecule has 0 aliphatic rings. The second kappa shape index (κ2) is 9.18. The van der Waals surface area contributed by atoms with Crippen LogP contribution in [0.2, 0.25) is 0 Å². The molecule has 7 nitrogen and oxygen atoms in total. The molecule has 0 bridgehead atoms. The van der Waals surface area contributed by atoms with E-state index >= 15 is 0 Å². The molecule has 2 N–H and O–H groups in total. The molecule has 1 heterocycles. The summed E-state index contributed by atoms with van der Waals surface area (Å²) in [5, 5.41) is 6.15. The van der Waals surface area contributed by atoms with E-state index in [-0.39, 0.29) is 18.4 Å². The number of carbonyl (C=O) groups is 2. The molecule has 0 aliphatic carbocycles. The highest BCUT2D eigenvalue weighted by Gasteiger charge is 2.09. The largest absolute Gasteiger partial charge is 0.497 e. The normalized spacial score (nSPS) is 10.5. The van der Waals surface area contributed by atoms with Gasteiger partial charge in [-0.15, -0.1) is 0 Å². The van der Waals surface area contributed by atoms with E-state index < -0.39 is 0 Å². The van der Waals surface area contributed by atoms with E-state index in [9.17, 15) is 9.59 Å². The third kappa shape index (κ3) is 5.20. The third-order valence-electron chi connectivity index (χ3n) is 3.82. The van der Waals surface area contributed by atoms with E-state index in [1.54, 1.807) is 43.5 Å². The minimum Gasteiger partial charge on any atom is -0.497 e. The van der Waals surface area contributed by atoms with Gasteiger partial charge in [0.15, 0.2) is 11.7 Å². The molecule has 0 radical (unpaired) electrons. The fraction of sp³-hybridized carbons (Fsp3) is 0.250. The highest BCUT2D eigenvalue weighted by molar-refractivity contribution is 7.22. The number of methoxy groups -OCH3 is 1. The Kier molecular flexibility index (Phi) is 6.44. The second-order valence-corrected chi connectivity index (χ2v) is 7.04. The van der Waals surface area contributed by atoms with Gasteiger partial charge in [0.05, 0.1) is 17.3 Å². The minimum absolute atomic E-state index is 0.0502. The standard InChI is InChI=1S/C20H21N3O4S/c1-3-4-18(24)23-20-22-16-10-5-13(11-17(16)28-20)21-19(25)12-27-15-8-6-14(26-2)7-9-15/h5-11H,3-4,12H2,1-2H3,(H,21,25)(H,22,23,24). The van der Waals surface area contributed by atoms with E-state index in [4.69, 9.17) is 9.47 Å². The van der Waals surface area contributed by atoms with Gasteiger partial charge in [-0.2, -0.15) is 0 Å². The maximum absolute atomic E-state index is 12.1. The molecule has 2 amide bonds. The maximum atomic E-state index is 12.1. The molecule has 0 saturated heterocycles. The number of hydrogen-bond donors (Lipinski definition) is 2. The second-order valence-electron chi connectivity index (χ2n) is 6.01. The smallest absolute Gasteiger partial charge is 0.262 e. The molecule has 0 spiro atoms. The molecule has 0 unspecified atom stereocenters. The molecule has 0 fully saturated rings. The van der Waals surface area contributed by atoms with Gasteiger partial charge in [0.2, 0.25) is 5.91 Å². The number of benzene rings is 2. The van der Waals surface area contributed by atoms with Crippen molar-refractivity contribution in [3.8, 4) is 11.5 Å². The minimum atomic E-state index is -0.267. The fourth-order valence-corrected chi connectivity index (χ4v) is 3.40. The number of aromatic nitrogens is 1. The molecule has 8 heteroatoms. The predicted octanol–water partition coefficient (Wildman–Crippen LogP) is 4.06. The monoisotopic (exact) mass is 399 g/mol. The Bertz CT molecular complexity index is 969. The lowest BCUT2D eigenvalue weighted by Crippen LogP contribution is -2.20. The van der Waals surface area contributed by atoms with Crippen LogP contribution in [-0.2, 0) is 9.59 Å². The van der Waals surface area contributed by atoms with Crippen LogP contribution >= 0.6 is 11.3 Å². The quantitative estimate of drug-likeness (QED) is 0.596. The Balaban J connectivity index is 1.58. The first kappa shape index (κ1) is 19.6. The number of amides is 2. The van der Waals surface area contributed by atoms with Gasteiger partial charge in [-0.25, -0.2) is 4.98 Å². The number of carbonyl (C=O) groups excluding carboxylic acids is 2. The van der Waals surface area contributed by atoms with Crippen LogP contribution < -0.4 is 20.1 Å². The molecule has 3 rings (SSSR count). The van der Waals surface area contributed by atoms with Gasteiger partial charge >= 0.3 is 0 Å². The van der Waals surface area contributed by atoms with E-state index in [1.807, 2.05) is 13.0 Å². The van der Waals surface area contributed by atoms with Crippen LogP contribution in [0.4, 0.5) is 10.8 Å². The number of thiazole rings is 1. The summed E-state index contributed by atoms with van der Waals surface area (Å²) < 4.78 is 11.4. The molecule has 28 heavy (non-hydrogen) atoms. The zero-order valence-corrected chi connectivity index (χ0v) is 16.5. The Hall–Kier alpha value is -3.13. The zero-order chi connectivity index (χ0) is 19.9. The van der Waals surface area contributed by atoms with Crippen molar-refractivity contribution in [1.82, 2.24) is 4.98 Å². The summed E-state index contributed by atoms with van der Waals surface area (Å²) in [7, 11) is 1.59. The van der Waals surface area contributed by atoms with Crippen molar-refractivity contribution in [3.63, 3.8) is 0 Å². The molecule has 1 aromatic heterocycles. The van der Waals surface area contributed by atoms with Crippen molar-refractivity contribution >= 4 is 44.2 Å². The van der Waals surface area contributed by atoms with Crippen molar-refractivity contribution in [2.24, 2.45) is 0 Å². The summed E-state index contributed by atoms with van der Waals surface area (Å²) in [5.74, 6) is 0.989. The van der Waals surface area contributed by atoms with Gasteiger partial charge in [0, 0.05) is 12.1 Å². The molecular weight excluding hydrogens is 378 g/mol. The molecule has 146 valence electrons. The fourth-order valence-electron chi connectivity index (χ4n) is 2.48. The van der Waals surface area contributed by atoms with Gasteiger partial charge in [-0.3, -0.25) is 9.59 Å². The lowest BCUT2D eigenvalue weighted by atomic mass is 10.3. The molecule has 0 atom stereocenters. The molecule has 0 aliphatic heterocycles. The van der Waals surface area contributed by atoms with Crippen LogP contribution in [0.5, 0.6) is 11.5 Å². The summed E-state index contributed by atoms with van der Waals surface area (Å²) in [6.45, 7) is 1.84. The maximum Gasteiger partial charge on any atom is 0.262 e. The van der Waals surface area contributed by atoms with Crippen LogP contribution in [0, 0.1) is 0 Å². The van der Waals surface area contributed by atoms with Crippen LogP contribution in [0.15, 0.2) is 42.5 Å². The Morgan fingerprint density at radius 2 is 1.79 bits per heavy atom. The SMILES string of the molecule is CCCC(=O)Nc1nc2ccc(NC(=O)COc3ccc(OC)cc3)cc2s1. The van der Waals surface area contributed by atoms with E-state index in [2.05, 4.69) is 15.6 Å². The van der Waals surface area contributed by atoms with E-state index in [0.717, 1.165) is 22.4 Å². The lowest BCUT2D eigenvalue weighted by molar-refractivity contribution is -0.118. The van der Waals surface area contributed by atoms with Crippen molar-refractivity contribution < 1.29 is 19.1 Å². The molecule has 2 aromatic carbocycles. The van der Waals surface area contributed by atoms with Gasteiger partial charge in [0.1, 0.15) is 11.5 Å². The molecular formula is C20H21N3O4S. The number of nitrogens with zero attached hydrogens (tertiary/aromatic N) is 1. The summed E-state index contributed by atoms with van der Waals surface area (Å²) in [6, 6.07) is 12.4. The average Bonchev–Trinajstić information content (AvgIpc) is 3.08. The van der Waals surface area contributed by atoms with Gasteiger partial charge < -0.3 is 20.1 Å². The number of ether oxygens (including phenoxy) is 2. The summed E-state index contributed by atoms with van der Waals surface area (Å²) >= 11 is 1.37. The molecule has 3 aromatic rings. The first-order valence-corrected chi connectivity index (χ1v) is 9.66. The number of anilines is 2. The topological polar surface area (TPSA) is 89.6 Å². The Labute approximate surface area is 166 Å². The predicted molar refractivity (Wildman–Crippen MR) is 110 cm³/mol. The lowest BCUT2D eigenvalue weighted by Gasteiger charge is -2.08. The first-order chi connectivity index (χ1) is 13.6. The number of rotatable bonds is 8. The molecule has 0 saturated carbocycles. The van der Waals surface area contributed by atoms with Crippen molar-refractivity contribution in [3.05, 3.63) is 42.5 Å².